The SMILES string of the molecule is CC(C)(C)NC(=O)N1CCC[C@H]1C(=O)Nc1nnc(-c2cccc(Cl)c2)s1. The lowest BCUT2D eigenvalue weighted by molar-refractivity contribution is -0.119. The van der Waals surface area contributed by atoms with E-state index >= 15 is 0 Å². The first-order chi connectivity index (χ1) is 12.7. The molecule has 9 heteroatoms. The summed E-state index contributed by atoms with van der Waals surface area (Å²) in [6.45, 7) is 6.29. The molecule has 7 nitrogen and oxygen atoms in total. The Morgan fingerprint density at radius 3 is 2.78 bits per heavy atom. The van der Waals surface area contributed by atoms with Crippen molar-refractivity contribution in [2.24, 2.45) is 0 Å². The molecule has 0 spiro atoms. The molecule has 1 aliphatic rings. The van der Waals surface area contributed by atoms with Crippen molar-refractivity contribution in [2.75, 3.05) is 11.9 Å². The molecule has 0 unspecified atom stereocenters. The van der Waals surface area contributed by atoms with E-state index in [1.165, 1.54) is 11.3 Å². The fourth-order valence-corrected chi connectivity index (χ4v) is 3.81. The van der Waals surface area contributed by atoms with Gasteiger partial charge in [-0.2, -0.15) is 0 Å². The highest BCUT2D eigenvalue weighted by Gasteiger charge is 2.35. The Morgan fingerprint density at radius 1 is 1.30 bits per heavy atom. The van der Waals surface area contributed by atoms with Crippen LogP contribution in [0.3, 0.4) is 0 Å². The van der Waals surface area contributed by atoms with Crippen LogP contribution >= 0.6 is 22.9 Å². The van der Waals surface area contributed by atoms with E-state index in [1.54, 1.807) is 17.0 Å². The van der Waals surface area contributed by atoms with Crippen LogP contribution in [0.2, 0.25) is 5.02 Å². The molecular weight excluding hydrogens is 386 g/mol. The van der Waals surface area contributed by atoms with Crippen molar-refractivity contribution in [2.45, 2.75) is 45.2 Å². The summed E-state index contributed by atoms with van der Waals surface area (Å²) in [5.74, 6) is -0.245. The Labute approximate surface area is 167 Å². The van der Waals surface area contributed by atoms with Crippen LogP contribution in [0.5, 0.6) is 0 Å². The van der Waals surface area contributed by atoms with E-state index < -0.39 is 6.04 Å². The second-order valence-corrected chi connectivity index (χ2v) is 8.86. The standard InChI is InChI=1S/C18H22ClN5O2S/c1-18(2,3)21-17(26)24-9-5-8-13(24)14(25)20-16-23-22-15(27-16)11-6-4-7-12(19)10-11/h4,6-7,10,13H,5,8-9H2,1-3H3,(H,21,26)(H,20,23,25)/t13-/m0/s1. The number of nitrogens with zero attached hydrogens (tertiary/aromatic N) is 3. The van der Waals surface area contributed by atoms with E-state index in [1.807, 2.05) is 32.9 Å². The third-order valence-corrected chi connectivity index (χ3v) is 5.15. The number of nitrogens with one attached hydrogen (secondary N) is 2. The fraction of sp³-hybridized carbons (Fsp3) is 0.444. The van der Waals surface area contributed by atoms with Crippen LogP contribution in [0.25, 0.3) is 10.6 Å². The number of aromatic nitrogens is 2. The second-order valence-electron chi connectivity index (χ2n) is 7.44. The van der Waals surface area contributed by atoms with Gasteiger partial charge in [0, 0.05) is 22.7 Å². The lowest BCUT2D eigenvalue weighted by atomic mass is 10.1. The maximum atomic E-state index is 12.7. The van der Waals surface area contributed by atoms with Crippen LogP contribution in [0.1, 0.15) is 33.6 Å². The third kappa shape index (κ3) is 4.95. The van der Waals surface area contributed by atoms with Gasteiger partial charge in [0.1, 0.15) is 11.0 Å². The Hall–Kier alpha value is -2.19. The van der Waals surface area contributed by atoms with Gasteiger partial charge < -0.3 is 10.2 Å². The average Bonchev–Trinajstić information content (AvgIpc) is 3.22. The highest BCUT2D eigenvalue weighted by atomic mass is 35.5. The molecule has 144 valence electrons. The Morgan fingerprint density at radius 2 is 2.07 bits per heavy atom. The van der Waals surface area contributed by atoms with Gasteiger partial charge >= 0.3 is 6.03 Å². The van der Waals surface area contributed by atoms with Crippen molar-refractivity contribution in [1.29, 1.82) is 0 Å². The number of urea groups is 1. The first-order valence-corrected chi connectivity index (χ1v) is 9.91. The van der Waals surface area contributed by atoms with Gasteiger partial charge in [0.05, 0.1) is 0 Å². The summed E-state index contributed by atoms with van der Waals surface area (Å²) in [7, 11) is 0. The first-order valence-electron chi connectivity index (χ1n) is 8.72. The molecule has 1 fully saturated rings. The maximum absolute atomic E-state index is 12.7. The van der Waals surface area contributed by atoms with Gasteiger partial charge in [0.25, 0.3) is 0 Å². The molecule has 3 rings (SSSR count). The summed E-state index contributed by atoms with van der Waals surface area (Å²) in [5, 5.41) is 15.5. The molecule has 0 saturated carbocycles. The number of carbonyl (C=O) groups is 2. The molecule has 0 bridgehead atoms. The highest BCUT2D eigenvalue weighted by molar-refractivity contribution is 7.18. The Balaban J connectivity index is 1.67. The minimum atomic E-state index is -0.508. The van der Waals surface area contributed by atoms with Crippen molar-refractivity contribution in [3.63, 3.8) is 0 Å². The fourth-order valence-electron chi connectivity index (χ4n) is 2.88. The highest BCUT2D eigenvalue weighted by Crippen LogP contribution is 2.29. The second kappa shape index (κ2) is 7.82. The molecule has 1 aromatic heterocycles. The molecule has 2 N–H and O–H groups in total. The van der Waals surface area contributed by atoms with E-state index in [4.69, 9.17) is 11.6 Å². The first kappa shape index (κ1) is 19.6. The molecular formula is C18H22ClN5O2S. The molecule has 2 heterocycles. The van der Waals surface area contributed by atoms with Crippen molar-refractivity contribution in [3.8, 4) is 10.6 Å². The van der Waals surface area contributed by atoms with E-state index in [0.717, 1.165) is 12.0 Å². The minimum absolute atomic E-state index is 0.225. The van der Waals surface area contributed by atoms with Gasteiger partial charge in [-0.3, -0.25) is 10.1 Å². The quantitative estimate of drug-likeness (QED) is 0.810. The normalized spacial score (nSPS) is 17.0. The average molecular weight is 408 g/mol. The summed E-state index contributed by atoms with van der Waals surface area (Å²) in [6, 6.07) is 6.56. The summed E-state index contributed by atoms with van der Waals surface area (Å²) < 4.78 is 0. The van der Waals surface area contributed by atoms with E-state index in [-0.39, 0.29) is 17.5 Å². The van der Waals surface area contributed by atoms with E-state index in [0.29, 0.717) is 28.1 Å². The van der Waals surface area contributed by atoms with Crippen molar-refractivity contribution in [3.05, 3.63) is 29.3 Å². The number of carbonyl (C=O) groups excluding carboxylic acids is 2. The zero-order chi connectivity index (χ0) is 19.6. The number of halogens is 1. The van der Waals surface area contributed by atoms with Gasteiger partial charge in [-0.05, 0) is 45.7 Å². The molecule has 27 heavy (non-hydrogen) atoms. The molecule has 2 aromatic rings. The molecule has 0 radical (unpaired) electrons. The molecule has 1 aliphatic heterocycles. The van der Waals surface area contributed by atoms with Gasteiger partial charge in [0.2, 0.25) is 11.0 Å². The number of anilines is 1. The van der Waals surface area contributed by atoms with Crippen LogP contribution in [0.4, 0.5) is 9.93 Å². The van der Waals surface area contributed by atoms with Crippen LogP contribution in [-0.2, 0) is 4.79 Å². The summed E-state index contributed by atoms with van der Waals surface area (Å²) in [4.78, 5) is 26.7. The molecule has 0 aliphatic carbocycles. The summed E-state index contributed by atoms with van der Waals surface area (Å²) >= 11 is 7.28. The summed E-state index contributed by atoms with van der Waals surface area (Å²) in [6.07, 6.45) is 1.42. The number of hydrogen-bond acceptors (Lipinski definition) is 5. The van der Waals surface area contributed by atoms with E-state index in [2.05, 4.69) is 20.8 Å². The van der Waals surface area contributed by atoms with Gasteiger partial charge in [-0.15, -0.1) is 10.2 Å². The predicted molar refractivity (Wildman–Crippen MR) is 107 cm³/mol. The van der Waals surface area contributed by atoms with Crippen LogP contribution in [0, 0.1) is 0 Å². The van der Waals surface area contributed by atoms with Crippen molar-refractivity contribution < 1.29 is 9.59 Å². The largest absolute Gasteiger partial charge is 0.333 e. The van der Waals surface area contributed by atoms with Gasteiger partial charge in [-0.1, -0.05) is 35.1 Å². The smallest absolute Gasteiger partial charge is 0.318 e. The molecule has 1 saturated heterocycles. The number of amides is 3. The van der Waals surface area contributed by atoms with Crippen molar-refractivity contribution in [1.82, 2.24) is 20.4 Å². The topological polar surface area (TPSA) is 87.2 Å². The number of benzene rings is 1. The van der Waals surface area contributed by atoms with Crippen molar-refractivity contribution >= 4 is 40.0 Å². The number of hydrogen-bond donors (Lipinski definition) is 2. The Bertz CT molecular complexity index is 848. The molecule has 1 aromatic carbocycles. The zero-order valence-electron chi connectivity index (χ0n) is 15.5. The van der Waals surface area contributed by atoms with Gasteiger partial charge in [0.15, 0.2) is 0 Å². The lowest BCUT2D eigenvalue weighted by Crippen LogP contribution is -2.52. The molecule has 1 atom stereocenters. The third-order valence-electron chi connectivity index (χ3n) is 4.02. The number of likely N-dealkylation sites (tertiary alicyclic amines) is 1. The van der Waals surface area contributed by atoms with Gasteiger partial charge in [-0.25, -0.2) is 4.79 Å². The lowest BCUT2D eigenvalue weighted by Gasteiger charge is -2.28. The monoisotopic (exact) mass is 407 g/mol. The maximum Gasteiger partial charge on any atom is 0.318 e. The Kier molecular flexibility index (Phi) is 5.67. The summed E-state index contributed by atoms with van der Waals surface area (Å²) in [5.41, 5.74) is 0.485. The van der Waals surface area contributed by atoms with Crippen LogP contribution in [-0.4, -0.2) is 45.2 Å². The van der Waals surface area contributed by atoms with E-state index in [9.17, 15) is 9.59 Å². The number of rotatable bonds is 3. The predicted octanol–water partition coefficient (Wildman–Crippen LogP) is 3.77. The van der Waals surface area contributed by atoms with Crippen LogP contribution in [0.15, 0.2) is 24.3 Å². The minimum Gasteiger partial charge on any atom is -0.333 e. The molecule has 3 amide bonds. The van der Waals surface area contributed by atoms with Crippen LogP contribution < -0.4 is 10.6 Å². The zero-order valence-corrected chi connectivity index (χ0v) is 17.0.